The number of hydrogen-bond donors (Lipinski definition) is 1. The molecule has 2 aliphatic rings. The Morgan fingerprint density at radius 3 is 2.47 bits per heavy atom. The summed E-state index contributed by atoms with van der Waals surface area (Å²) in [6.07, 6.45) is 4.29. The lowest BCUT2D eigenvalue weighted by atomic mass is 9.96. The lowest BCUT2D eigenvalue weighted by molar-refractivity contribution is 0.0760. The van der Waals surface area contributed by atoms with Crippen molar-refractivity contribution in [3.05, 3.63) is 83.8 Å². The van der Waals surface area contributed by atoms with Gasteiger partial charge in [0, 0.05) is 24.1 Å². The minimum Gasteiger partial charge on any atom is -0.337 e. The van der Waals surface area contributed by atoms with Crippen molar-refractivity contribution >= 4 is 5.91 Å². The highest BCUT2D eigenvalue weighted by molar-refractivity contribution is 5.96. The Morgan fingerprint density at radius 2 is 1.76 bits per heavy atom. The van der Waals surface area contributed by atoms with E-state index in [0.29, 0.717) is 17.9 Å². The molecule has 1 unspecified atom stereocenters. The average Bonchev–Trinajstić information content (AvgIpc) is 3.53. The Balaban J connectivity index is 1.37. The SMILES string of the molecule is CONC1=CN(C(=O)c2ccc(-c3ccccc3)cc2)C(c2nc(C3CCN(C)CC3)no2)C1. The Kier molecular flexibility index (Phi) is 6.42. The molecule has 1 saturated heterocycles. The molecule has 0 spiro atoms. The summed E-state index contributed by atoms with van der Waals surface area (Å²) in [4.78, 5) is 27.3. The summed E-state index contributed by atoms with van der Waals surface area (Å²) in [6, 6.07) is 17.4. The summed E-state index contributed by atoms with van der Waals surface area (Å²) in [7, 11) is 3.68. The molecule has 0 radical (unpaired) electrons. The number of rotatable bonds is 6. The minimum absolute atomic E-state index is 0.128. The maximum Gasteiger partial charge on any atom is 0.258 e. The van der Waals surface area contributed by atoms with Crippen LogP contribution in [-0.2, 0) is 4.84 Å². The predicted molar refractivity (Wildman–Crippen MR) is 127 cm³/mol. The van der Waals surface area contributed by atoms with Crippen molar-refractivity contribution in [3.8, 4) is 11.1 Å². The molecule has 1 fully saturated rings. The molecule has 2 aromatic carbocycles. The van der Waals surface area contributed by atoms with E-state index in [2.05, 4.69) is 34.7 Å². The van der Waals surface area contributed by atoms with Gasteiger partial charge in [0.2, 0.25) is 5.89 Å². The number of nitrogens with zero attached hydrogens (tertiary/aromatic N) is 4. The highest BCUT2D eigenvalue weighted by Gasteiger charge is 2.36. The average molecular weight is 460 g/mol. The molecule has 176 valence electrons. The molecule has 1 aromatic heterocycles. The molecule has 8 nitrogen and oxygen atoms in total. The molecule has 1 atom stereocenters. The van der Waals surface area contributed by atoms with Crippen LogP contribution in [0.15, 0.2) is 71.0 Å². The van der Waals surface area contributed by atoms with E-state index in [1.807, 2.05) is 42.5 Å². The molecule has 8 heteroatoms. The molecule has 3 heterocycles. The Morgan fingerprint density at radius 1 is 1.06 bits per heavy atom. The number of hydroxylamine groups is 1. The van der Waals surface area contributed by atoms with Crippen LogP contribution in [0.2, 0.25) is 0 Å². The third kappa shape index (κ3) is 4.60. The Bertz CT molecular complexity index is 1150. The molecule has 0 aliphatic carbocycles. The second-order valence-corrected chi connectivity index (χ2v) is 8.90. The predicted octanol–water partition coefficient (Wildman–Crippen LogP) is 4.13. The van der Waals surface area contributed by atoms with Gasteiger partial charge in [0.15, 0.2) is 5.82 Å². The maximum absolute atomic E-state index is 13.5. The lowest BCUT2D eigenvalue weighted by Crippen LogP contribution is -2.29. The maximum atomic E-state index is 13.5. The summed E-state index contributed by atoms with van der Waals surface area (Å²) in [5.41, 5.74) is 6.40. The van der Waals surface area contributed by atoms with E-state index in [1.165, 1.54) is 0 Å². The fraction of sp³-hybridized carbons (Fsp3) is 0.346. The van der Waals surface area contributed by atoms with Gasteiger partial charge in [-0.05, 0) is 56.2 Å². The topological polar surface area (TPSA) is 83.7 Å². The van der Waals surface area contributed by atoms with Crippen LogP contribution in [0.4, 0.5) is 0 Å². The van der Waals surface area contributed by atoms with Crippen molar-refractivity contribution in [3.63, 3.8) is 0 Å². The van der Waals surface area contributed by atoms with Crippen molar-refractivity contribution in [1.82, 2.24) is 25.4 Å². The highest BCUT2D eigenvalue weighted by atomic mass is 16.6. The van der Waals surface area contributed by atoms with Gasteiger partial charge in [0.25, 0.3) is 5.91 Å². The smallest absolute Gasteiger partial charge is 0.258 e. The number of piperidine rings is 1. The summed E-state index contributed by atoms with van der Waals surface area (Å²) >= 11 is 0. The van der Waals surface area contributed by atoms with Gasteiger partial charge in [-0.3, -0.25) is 15.1 Å². The van der Waals surface area contributed by atoms with E-state index < -0.39 is 0 Å². The monoisotopic (exact) mass is 459 g/mol. The fourth-order valence-corrected chi connectivity index (χ4v) is 4.62. The molecule has 34 heavy (non-hydrogen) atoms. The van der Waals surface area contributed by atoms with E-state index in [4.69, 9.17) is 14.3 Å². The third-order valence-corrected chi connectivity index (χ3v) is 6.58. The quantitative estimate of drug-likeness (QED) is 0.555. The summed E-state index contributed by atoms with van der Waals surface area (Å²) in [5.74, 6) is 1.34. The van der Waals surface area contributed by atoms with E-state index in [9.17, 15) is 4.79 Å². The van der Waals surface area contributed by atoms with Crippen molar-refractivity contribution in [2.75, 3.05) is 27.2 Å². The first-order valence-electron chi connectivity index (χ1n) is 11.6. The van der Waals surface area contributed by atoms with Crippen LogP contribution in [0.3, 0.4) is 0 Å². The molecule has 1 amide bonds. The van der Waals surface area contributed by atoms with Crippen molar-refractivity contribution in [1.29, 1.82) is 0 Å². The molecule has 2 aliphatic heterocycles. The van der Waals surface area contributed by atoms with Crippen LogP contribution in [0.5, 0.6) is 0 Å². The van der Waals surface area contributed by atoms with Crippen molar-refractivity contribution in [2.24, 2.45) is 0 Å². The summed E-state index contributed by atoms with van der Waals surface area (Å²) in [5, 5.41) is 4.27. The number of aromatic nitrogens is 2. The fourth-order valence-electron chi connectivity index (χ4n) is 4.62. The first-order valence-corrected chi connectivity index (χ1v) is 11.6. The van der Waals surface area contributed by atoms with Gasteiger partial charge < -0.3 is 14.3 Å². The molecule has 0 bridgehead atoms. The van der Waals surface area contributed by atoms with E-state index in [1.54, 1.807) is 18.2 Å². The summed E-state index contributed by atoms with van der Waals surface area (Å²) < 4.78 is 5.68. The Hall–Kier alpha value is -3.49. The number of hydrogen-bond acceptors (Lipinski definition) is 7. The second-order valence-electron chi connectivity index (χ2n) is 8.90. The van der Waals surface area contributed by atoms with Gasteiger partial charge in [0.05, 0.1) is 12.8 Å². The molecule has 3 aromatic rings. The number of likely N-dealkylation sites (tertiary alicyclic amines) is 1. The number of nitrogens with one attached hydrogen (secondary N) is 1. The van der Waals surface area contributed by atoms with Gasteiger partial charge in [-0.25, -0.2) is 0 Å². The first-order chi connectivity index (χ1) is 16.6. The van der Waals surface area contributed by atoms with E-state index >= 15 is 0 Å². The van der Waals surface area contributed by atoms with Crippen LogP contribution in [0.25, 0.3) is 11.1 Å². The highest BCUT2D eigenvalue weighted by Crippen LogP contribution is 2.35. The molecular weight excluding hydrogens is 430 g/mol. The van der Waals surface area contributed by atoms with Gasteiger partial charge >= 0.3 is 0 Å². The van der Waals surface area contributed by atoms with Gasteiger partial charge in [-0.15, -0.1) is 0 Å². The number of amides is 1. The lowest BCUT2D eigenvalue weighted by Gasteiger charge is -2.26. The van der Waals surface area contributed by atoms with E-state index in [0.717, 1.165) is 48.6 Å². The van der Waals surface area contributed by atoms with Gasteiger partial charge in [-0.1, -0.05) is 47.6 Å². The van der Waals surface area contributed by atoms with Crippen LogP contribution < -0.4 is 5.48 Å². The van der Waals surface area contributed by atoms with E-state index in [-0.39, 0.29) is 17.9 Å². The third-order valence-electron chi connectivity index (χ3n) is 6.58. The second kappa shape index (κ2) is 9.79. The molecule has 0 saturated carbocycles. The first kappa shape index (κ1) is 22.3. The zero-order valence-corrected chi connectivity index (χ0v) is 19.5. The van der Waals surface area contributed by atoms with Crippen LogP contribution in [-0.4, -0.2) is 53.1 Å². The normalized spacial score (nSPS) is 19.3. The largest absolute Gasteiger partial charge is 0.337 e. The minimum atomic E-state index is -0.383. The molecule has 1 N–H and O–H groups in total. The zero-order chi connectivity index (χ0) is 23.5. The van der Waals surface area contributed by atoms with Crippen molar-refractivity contribution in [2.45, 2.75) is 31.2 Å². The van der Waals surface area contributed by atoms with Crippen LogP contribution >= 0.6 is 0 Å². The van der Waals surface area contributed by atoms with Gasteiger partial charge in [-0.2, -0.15) is 4.98 Å². The Labute approximate surface area is 199 Å². The number of carbonyl (C=O) groups is 1. The van der Waals surface area contributed by atoms with Crippen molar-refractivity contribution < 1.29 is 14.2 Å². The van der Waals surface area contributed by atoms with Crippen LogP contribution in [0, 0.1) is 0 Å². The van der Waals surface area contributed by atoms with Gasteiger partial charge in [0.1, 0.15) is 6.04 Å². The number of carbonyl (C=O) groups excluding carboxylic acids is 1. The standard InChI is InChI=1S/C26H29N5O3/c1-30-14-12-20(13-15-30)24-27-25(34-29-24)23-16-22(28-33-2)17-31(23)26(32)21-10-8-19(9-11-21)18-6-4-3-5-7-18/h3-11,17,20,23,28H,12-16H2,1-2H3. The summed E-state index contributed by atoms with van der Waals surface area (Å²) in [6.45, 7) is 2.04. The molecular formula is C26H29N5O3. The number of benzene rings is 2. The molecule has 5 rings (SSSR count). The van der Waals surface area contributed by atoms with Crippen LogP contribution in [0.1, 0.15) is 53.3 Å². The zero-order valence-electron chi connectivity index (χ0n) is 19.5.